The average Bonchev–Trinajstić information content (AvgIpc) is 2.97. The van der Waals surface area contributed by atoms with E-state index in [0.29, 0.717) is 36.5 Å². The zero-order valence-electron chi connectivity index (χ0n) is 24.1. The second-order valence-corrected chi connectivity index (χ2v) is 12.6. The summed E-state index contributed by atoms with van der Waals surface area (Å²) in [6, 6.07) is 33.4. The first-order valence-corrected chi connectivity index (χ1v) is 15.1. The first-order chi connectivity index (χ1) is 20.2. The van der Waals surface area contributed by atoms with Gasteiger partial charge in [-0.25, -0.2) is 4.79 Å². The number of aryl methyl sites for hydroxylation is 1. The topological polar surface area (TPSA) is 64.6 Å². The van der Waals surface area contributed by atoms with Gasteiger partial charge in [-0.2, -0.15) is 0 Å². The lowest BCUT2D eigenvalue weighted by molar-refractivity contribution is -0.114. The van der Waals surface area contributed by atoms with Gasteiger partial charge in [0.15, 0.2) is 0 Å². The van der Waals surface area contributed by atoms with E-state index in [2.05, 4.69) is 5.32 Å². The van der Waals surface area contributed by atoms with Gasteiger partial charge in [-0.1, -0.05) is 96.2 Å². The van der Waals surface area contributed by atoms with Gasteiger partial charge in [0, 0.05) is 14.8 Å². The summed E-state index contributed by atoms with van der Waals surface area (Å²) in [6.07, 6.45) is 1.82. The van der Waals surface area contributed by atoms with Crippen molar-refractivity contribution >= 4 is 35.7 Å². The number of nitrogens with one attached hydrogen (secondary N) is 1. The van der Waals surface area contributed by atoms with Crippen molar-refractivity contribution in [2.24, 2.45) is 0 Å². The Morgan fingerprint density at radius 3 is 2.24 bits per heavy atom. The van der Waals surface area contributed by atoms with Crippen LogP contribution < -0.4 is 10.1 Å². The van der Waals surface area contributed by atoms with E-state index < -0.39 is 17.2 Å². The third-order valence-electron chi connectivity index (χ3n) is 6.55. The van der Waals surface area contributed by atoms with Crippen LogP contribution in [0.25, 0.3) is 0 Å². The van der Waals surface area contributed by atoms with Gasteiger partial charge in [-0.3, -0.25) is 0 Å². The SMILES string of the molecule is CC(C)(C)OC(=O)NC(C=O)(CCCc1ccc(Sc2cccc(OCc3ccccc3)c2)cc1Cl)c1ccccc1. The molecule has 0 aromatic heterocycles. The van der Waals surface area contributed by atoms with E-state index >= 15 is 0 Å². The highest BCUT2D eigenvalue weighted by molar-refractivity contribution is 7.99. The fraction of sp³-hybridized carbons (Fsp3) is 0.257. The number of carbonyl (C=O) groups excluding carboxylic acids is 2. The molecule has 0 radical (unpaired) electrons. The zero-order valence-corrected chi connectivity index (χ0v) is 25.7. The Labute approximate surface area is 257 Å². The van der Waals surface area contributed by atoms with Crippen LogP contribution in [0.2, 0.25) is 5.02 Å². The van der Waals surface area contributed by atoms with Gasteiger partial charge in [0.25, 0.3) is 0 Å². The minimum absolute atomic E-state index is 0.391. The molecule has 4 rings (SSSR count). The molecule has 1 N–H and O–H groups in total. The van der Waals surface area contributed by atoms with Crippen LogP contribution in [0.3, 0.4) is 0 Å². The second-order valence-electron chi connectivity index (χ2n) is 11.0. The monoisotopic (exact) mass is 601 g/mol. The maximum atomic E-state index is 12.7. The summed E-state index contributed by atoms with van der Waals surface area (Å²) in [5.74, 6) is 0.809. The summed E-state index contributed by atoms with van der Waals surface area (Å²) in [7, 11) is 0. The molecule has 218 valence electrons. The quantitative estimate of drug-likeness (QED) is 0.164. The lowest BCUT2D eigenvalue weighted by atomic mass is 9.85. The molecule has 0 saturated heterocycles. The highest BCUT2D eigenvalue weighted by Crippen LogP contribution is 2.34. The molecule has 0 aliphatic rings. The van der Waals surface area contributed by atoms with Gasteiger partial charge >= 0.3 is 6.09 Å². The number of hydrogen-bond acceptors (Lipinski definition) is 5. The molecule has 4 aromatic carbocycles. The number of carbonyl (C=O) groups is 2. The number of alkyl carbamates (subject to hydrolysis) is 1. The molecule has 4 aromatic rings. The molecule has 1 atom stereocenters. The summed E-state index contributed by atoms with van der Waals surface area (Å²) < 4.78 is 11.4. The van der Waals surface area contributed by atoms with Crippen LogP contribution in [0.5, 0.6) is 5.75 Å². The van der Waals surface area contributed by atoms with Crippen molar-refractivity contribution in [2.45, 2.75) is 67.6 Å². The fourth-order valence-electron chi connectivity index (χ4n) is 4.51. The minimum atomic E-state index is -1.21. The molecule has 1 amide bonds. The number of hydrogen-bond donors (Lipinski definition) is 1. The van der Waals surface area contributed by atoms with E-state index in [9.17, 15) is 9.59 Å². The van der Waals surface area contributed by atoms with Gasteiger partial charge in [0.1, 0.15) is 29.8 Å². The molecule has 0 saturated carbocycles. The van der Waals surface area contributed by atoms with Gasteiger partial charge < -0.3 is 19.6 Å². The van der Waals surface area contributed by atoms with E-state index in [1.165, 1.54) is 0 Å². The molecule has 0 bridgehead atoms. The van der Waals surface area contributed by atoms with Crippen molar-refractivity contribution in [2.75, 3.05) is 0 Å². The average molecular weight is 602 g/mol. The van der Waals surface area contributed by atoms with Crippen molar-refractivity contribution < 1.29 is 19.1 Å². The molecule has 0 fully saturated rings. The highest BCUT2D eigenvalue weighted by Gasteiger charge is 2.35. The number of amides is 1. The molecule has 5 nitrogen and oxygen atoms in total. The molecule has 42 heavy (non-hydrogen) atoms. The van der Waals surface area contributed by atoms with Crippen LogP contribution >= 0.6 is 23.4 Å². The van der Waals surface area contributed by atoms with Crippen LogP contribution in [0.15, 0.2) is 113 Å². The van der Waals surface area contributed by atoms with Crippen molar-refractivity contribution in [3.05, 3.63) is 125 Å². The Hall–Kier alpha value is -3.74. The Morgan fingerprint density at radius 2 is 1.57 bits per heavy atom. The highest BCUT2D eigenvalue weighted by atomic mass is 35.5. The maximum Gasteiger partial charge on any atom is 0.408 e. The van der Waals surface area contributed by atoms with E-state index in [4.69, 9.17) is 21.1 Å². The van der Waals surface area contributed by atoms with Gasteiger partial charge in [-0.15, -0.1) is 0 Å². The number of rotatable bonds is 12. The summed E-state index contributed by atoms with van der Waals surface area (Å²) in [6.45, 7) is 5.88. The van der Waals surface area contributed by atoms with Crippen LogP contribution in [0, 0.1) is 0 Å². The zero-order chi connectivity index (χ0) is 30.0. The lowest BCUT2D eigenvalue weighted by Crippen LogP contribution is -2.49. The molecule has 0 aliphatic heterocycles. The van der Waals surface area contributed by atoms with E-state index in [1.807, 2.05) is 103 Å². The third kappa shape index (κ3) is 9.13. The molecule has 7 heteroatoms. The van der Waals surface area contributed by atoms with E-state index in [0.717, 1.165) is 33.0 Å². The first kappa shape index (κ1) is 31.2. The molecular weight excluding hydrogens is 566 g/mol. The standard InChI is InChI=1S/C35H36ClNO4S/c1-34(2,3)41-33(39)37-35(25-38,28-15-8-5-9-16-28)21-11-14-27-19-20-31(23-32(27)36)42-30-18-10-17-29(22-30)40-24-26-12-6-4-7-13-26/h4-10,12-13,15-20,22-23,25H,11,14,21,24H2,1-3H3,(H,37,39). The number of halogens is 1. The Balaban J connectivity index is 1.39. The number of benzene rings is 4. The largest absolute Gasteiger partial charge is 0.489 e. The van der Waals surface area contributed by atoms with Gasteiger partial charge in [-0.05, 0) is 87.1 Å². The Kier molecular flexibility index (Phi) is 10.7. The minimum Gasteiger partial charge on any atom is -0.489 e. The van der Waals surface area contributed by atoms with Crippen LogP contribution in [-0.4, -0.2) is 18.0 Å². The Bertz CT molecular complexity index is 1470. The predicted octanol–water partition coefficient (Wildman–Crippen LogP) is 9.01. The summed E-state index contributed by atoms with van der Waals surface area (Å²) >= 11 is 8.32. The molecule has 0 heterocycles. The van der Waals surface area contributed by atoms with Crippen molar-refractivity contribution in [3.63, 3.8) is 0 Å². The molecule has 0 spiro atoms. The smallest absolute Gasteiger partial charge is 0.408 e. The maximum absolute atomic E-state index is 12.7. The van der Waals surface area contributed by atoms with Gasteiger partial charge in [0.05, 0.1) is 0 Å². The third-order valence-corrected chi connectivity index (χ3v) is 7.88. The van der Waals surface area contributed by atoms with E-state index in [-0.39, 0.29) is 0 Å². The summed E-state index contributed by atoms with van der Waals surface area (Å²) in [5.41, 5.74) is 0.913. The van der Waals surface area contributed by atoms with Crippen LogP contribution in [0.4, 0.5) is 4.79 Å². The van der Waals surface area contributed by atoms with E-state index in [1.54, 1.807) is 32.5 Å². The number of aldehydes is 1. The van der Waals surface area contributed by atoms with Crippen molar-refractivity contribution in [1.29, 1.82) is 0 Å². The molecule has 0 aliphatic carbocycles. The summed E-state index contributed by atoms with van der Waals surface area (Å²) in [5, 5.41) is 3.50. The van der Waals surface area contributed by atoms with Crippen molar-refractivity contribution in [1.82, 2.24) is 5.32 Å². The first-order valence-electron chi connectivity index (χ1n) is 13.9. The Morgan fingerprint density at radius 1 is 0.881 bits per heavy atom. The number of ether oxygens (including phenoxy) is 2. The normalized spacial score (nSPS) is 12.7. The van der Waals surface area contributed by atoms with Crippen LogP contribution in [0.1, 0.15) is 50.3 Å². The molecule has 1 unspecified atom stereocenters. The predicted molar refractivity (Wildman–Crippen MR) is 169 cm³/mol. The lowest BCUT2D eigenvalue weighted by Gasteiger charge is -2.31. The summed E-state index contributed by atoms with van der Waals surface area (Å²) in [4.78, 5) is 27.2. The second kappa shape index (κ2) is 14.4. The van der Waals surface area contributed by atoms with Crippen LogP contribution in [-0.2, 0) is 28.1 Å². The fourth-order valence-corrected chi connectivity index (χ4v) is 5.76. The molecular formula is C35H36ClNO4S. The van der Waals surface area contributed by atoms with Crippen molar-refractivity contribution in [3.8, 4) is 5.75 Å². The van der Waals surface area contributed by atoms with Gasteiger partial charge in [0.2, 0.25) is 0 Å².